The summed E-state index contributed by atoms with van der Waals surface area (Å²) >= 11 is 0. The van der Waals surface area contributed by atoms with Crippen LogP contribution in [0, 0.1) is 0 Å². The lowest BCUT2D eigenvalue weighted by Crippen LogP contribution is -2.53. The fourth-order valence-electron chi connectivity index (χ4n) is 8.68. The van der Waals surface area contributed by atoms with Crippen LogP contribution >= 0.6 is 0 Å². The zero-order valence-corrected chi connectivity index (χ0v) is 31.6. The number of aliphatic hydroxyl groups excluding tert-OH is 1. The number of benzene rings is 2. The molecule has 3 aromatic heterocycles. The molecule has 1 saturated carbocycles. The third-order valence-electron chi connectivity index (χ3n) is 12.0. The normalized spacial score (nSPS) is 22.8. The summed E-state index contributed by atoms with van der Waals surface area (Å²) in [5.74, 6) is -0.616. The molecule has 2 aromatic carbocycles. The van der Waals surface area contributed by atoms with Crippen LogP contribution in [0.4, 0.5) is 5.69 Å². The highest BCUT2D eigenvalue weighted by atomic mass is 16.5. The molecule has 3 aliphatic heterocycles. The van der Waals surface area contributed by atoms with Crippen LogP contribution in [0.5, 0.6) is 5.88 Å². The molecule has 2 saturated heterocycles. The monoisotopic (exact) mass is 757 g/mol. The number of fused-ring (bicyclic) bond motifs is 4. The molecule has 5 aromatic rings. The maximum absolute atomic E-state index is 13.3. The predicted octanol–water partition coefficient (Wildman–Crippen LogP) is 4.96. The van der Waals surface area contributed by atoms with E-state index in [-0.39, 0.29) is 36.9 Å². The van der Waals surface area contributed by atoms with E-state index in [1.807, 2.05) is 42.9 Å². The van der Waals surface area contributed by atoms with Crippen LogP contribution in [0.1, 0.15) is 67.1 Å². The molecule has 1 aliphatic carbocycles. The number of piperidine rings is 1. The number of carbonyl (C=O) groups is 3. The number of carbonyl (C=O) groups excluding carboxylic acids is 3. The lowest BCUT2D eigenvalue weighted by atomic mass is 9.92. The van der Waals surface area contributed by atoms with Crippen LogP contribution in [0.2, 0.25) is 0 Å². The van der Waals surface area contributed by atoms with Crippen molar-refractivity contribution in [1.29, 1.82) is 0 Å². The highest BCUT2D eigenvalue weighted by Crippen LogP contribution is 2.38. The summed E-state index contributed by atoms with van der Waals surface area (Å²) in [4.78, 5) is 52.2. The Hall–Kier alpha value is -5.37. The molecule has 2 N–H and O–H groups in total. The summed E-state index contributed by atoms with van der Waals surface area (Å²) < 4.78 is 14.5. The molecule has 3 fully saturated rings. The molecule has 56 heavy (non-hydrogen) atoms. The summed E-state index contributed by atoms with van der Waals surface area (Å²) in [5, 5.41) is 15.5. The van der Waals surface area contributed by atoms with Crippen LogP contribution < -0.4 is 15.0 Å². The third-order valence-corrected chi connectivity index (χ3v) is 12.0. The van der Waals surface area contributed by atoms with Gasteiger partial charge in [0.05, 0.1) is 11.6 Å². The Morgan fingerprint density at radius 2 is 1.70 bits per heavy atom. The number of amides is 3. The number of piperazine rings is 1. The fourth-order valence-corrected chi connectivity index (χ4v) is 8.68. The van der Waals surface area contributed by atoms with E-state index in [0.717, 1.165) is 93.6 Å². The second-order valence-electron chi connectivity index (χ2n) is 15.5. The zero-order chi connectivity index (χ0) is 38.3. The Kier molecular flexibility index (Phi) is 9.90. The van der Waals surface area contributed by atoms with Gasteiger partial charge in [-0.05, 0) is 68.1 Å². The Morgan fingerprint density at radius 1 is 0.857 bits per heavy atom. The van der Waals surface area contributed by atoms with E-state index in [9.17, 15) is 19.5 Å². The minimum Gasteiger partial charge on any atom is -0.474 e. The molecule has 0 bridgehead atoms. The molecule has 9 rings (SSSR count). The number of anilines is 1. The molecule has 6 heterocycles. The van der Waals surface area contributed by atoms with Gasteiger partial charge in [-0.3, -0.25) is 34.5 Å². The molecule has 290 valence electrons. The predicted molar refractivity (Wildman–Crippen MR) is 211 cm³/mol. The number of aliphatic hydroxyl groups is 1. The van der Waals surface area contributed by atoms with Crippen molar-refractivity contribution in [1.82, 2.24) is 29.7 Å². The van der Waals surface area contributed by atoms with Crippen LogP contribution in [-0.2, 0) is 21.4 Å². The molecule has 2 unspecified atom stereocenters. The number of aromatic nitrogens is 3. The van der Waals surface area contributed by atoms with Gasteiger partial charge in [-0.15, -0.1) is 0 Å². The van der Waals surface area contributed by atoms with Gasteiger partial charge >= 0.3 is 0 Å². The number of hydrogen-bond donors (Lipinski definition) is 2. The number of pyridine rings is 2. The van der Waals surface area contributed by atoms with E-state index in [2.05, 4.69) is 61.0 Å². The molecule has 13 nitrogen and oxygen atoms in total. The summed E-state index contributed by atoms with van der Waals surface area (Å²) in [6.45, 7) is 5.38. The van der Waals surface area contributed by atoms with Gasteiger partial charge in [0.15, 0.2) is 6.23 Å². The topological polar surface area (TPSA) is 142 Å². The van der Waals surface area contributed by atoms with Crippen molar-refractivity contribution in [2.24, 2.45) is 7.05 Å². The second-order valence-corrected chi connectivity index (χ2v) is 15.5. The van der Waals surface area contributed by atoms with E-state index in [1.54, 1.807) is 6.07 Å². The van der Waals surface area contributed by atoms with Crippen molar-refractivity contribution in [2.45, 2.75) is 69.4 Å². The first kappa shape index (κ1) is 36.3. The van der Waals surface area contributed by atoms with E-state index >= 15 is 0 Å². The highest BCUT2D eigenvalue weighted by Gasteiger charge is 2.44. The molecule has 4 aliphatic rings. The first-order valence-corrected chi connectivity index (χ1v) is 19.8. The molecule has 3 amide bonds. The number of imide groups is 1. The average molecular weight is 758 g/mol. The van der Waals surface area contributed by atoms with Crippen molar-refractivity contribution in [3.63, 3.8) is 0 Å². The van der Waals surface area contributed by atoms with Crippen molar-refractivity contribution in [3.8, 4) is 17.0 Å². The van der Waals surface area contributed by atoms with Gasteiger partial charge in [-0.1, -0.05) is 18.2 Å². The van der Waals surface area contributed by atoms with Crippen LogP contribution in [0.25, 0.3) is 32.9 Å². The average Bonchev–Trinajstić information content (AvgIpc) is 3.63. The Morgan fingerprint density at radius 3 is 2.50 bits per heavy atom. The second kappa shape index (κ2) is 15.3. The molecule has 0 spiro atoms. The summed E-state index contributed by atoms with van der Waals surface area (Å²) in [6.07, 6.45) is 10.2. The van der Waals surface area contributed by atoms with Crippen molar-refractivity contribution >= 4 is 45.2 Å². The number of hydrogen-bond acceptors (Lipinski definition) is 10. The maximum atomic E-state index is 13.3. The van der Waals surface area contributed by atoms with Gasteiger partial charge in [0.2, 0.25) is 17.7 Å². The van der Waals surface area contributed by atoms with Gasteiger partial charge in [-0.2, -0.15) is 0 Å². The standard InChI is InChI=1S/C43H47N7O6/c1-47-36-13-14-44-26-35(36)32-8-5-27(21-38(32)47)28-6-12-40(45-25-28)56-31-23-30(24-31)55-20-4-2-3-15-48-16-18-49(19-17-48)29-7-9-33-34(22-29)43(54)50(42(33)53)37-10-11-39(51)46-41(37)52/h5-9,12-14,21-22,25-26,30-31,37,42,53H,2-4,10-11,15-20,23-24H2,1H3,(H,46,51,52). The van der Waals surface area contributed by atoms with Crippen LogP contribution in [0.15, 0.2) is 73.2 Å². The molecule has 13 heteroatoms. The molecular formula is C43H47N7O6. The SMILES string of the molecule is Cn1c2ccncc2c2ccc(-c3ccc(OC4CC(OCCCCCN5CCN(c6ccc7c(c6)C(=O)N(C6CCC(=O)NC6=O)C7O)CC5)C4)nc3)cc21. The van der Waals surface area contributed by atoms with Gasteiger partial charge in [-0.25, -0.2) is 4.98 Å². The largest absolute Gasteiger partial charge is 0.474 e. The van der Waals surface area contributed by atoms with Gasteiger partial charge < -0.3 is 24.0 Å². The van der Waals surface area contributed by atoms with Crippen LogP contribution in [-0.4, -0.2) is 105 Å². The smallest absolute Gasteiger partial charge is 0.257 e. The molecule has 2 atom stereocenters. The number of nitrogens with one attached hydrogen (secondary N) is 1. The first-order chi connectivity index (χ1) is 27.3. The van der Waals surface area contributed by atoms with E-state index in [1.165, 1.54) is 21.3 Å². The number of aryl methyl sites for hydroxylation is 1. The van der Waals surface area contributed by atoms with Gasteiger partial charge in [0.25, 0.3) is 5.91 Å². The number of nitrogens with zero attached hydrogens (tertiary/aromatic N) is 6. The quantitative estimate of drug-likeness (QED) is 0.133. The molecular weight excluding hydrogens is 711 g/mol. The lowest BCUT2D eigenvalue weighted by molar-refractivity contribution is -0.139. The summed E-state index contributed by atoms with van der Waals surface area (Å²) in [5.41, 5.74) is 6.37. The third kappa shape index (κ3) is 6.99. The maximum Gasteiger partial charge on any atom is 0.257 e. The fraction of sp³-hybridized carbons (Fsp3) is 0.419. The lowest BCUT2D eigenvalue weighted by Gasteiger charge is -2.36. The number of ether oxygens (including phenoxy) is 2. The first-order valence-electron chi connectivity index (χ1n) is 19.8. The van der Waals surface area contributed by atoms with Crippen molar-refractivity contribution in [2.75, 3.05) is 44.2 Å². The Balaban J connectivity index is 0.658. The van der Waals surface area contributed by atoms with E-state index < -0.39 is 18.2 Å². The summed E-state index contributed by atoms with van der Waals surface area (Å²) in [6, 6.07) is 17.3. The van der Waals surface area contributed by atoms with Crippen molar-refractivity contribution in [3.05, 3.63) is 84.3 Å². The highest BCUT2D eigenvalue weighted by molar-refractivity contribution is 6.08. The number of rotatable bonds is 12. The van der Waals surface area contributed by atoms with Crippen LogP contribution in [0.3, 0.4) is 0 Å². The zero-order valence-electron chi connectivity index (χ0n) is 31.6. The summed E-state index contributed by atoms with van der Waals surface area (Å²) in [7, 11) is 2.09. The van der Waals surface area contributed by atoms with Crippen molar-refractivity contribution < 1.29 is 29.0 Å². The Labute approximate surface area is 325 Å². The van der Waals surface area contributed by atoms with Gasteiger partial charge in [0, 0.05) is 122 Å². The van der Waals surface area contributed by atoms with E-state index in [4.69, 9.17) is 9.47 Å². The Bertz CT molecular complexity index is 2280. The van der Waals surface area contributed by atoms with E-state index in [0.29, 0.717) is 17.0 Å². The number of unbranched alkanes of at least 4 members (excludes halogenated alkanes) is 2. The van der Waals surface area contributed by atoms with Gasteiger partial charge in [0.1, 0.15) is 12.1 Å². The minimum absolute atomic E-state index is 0.134. The minimum atomic E-state index is -1.20. The molecule has 0 radical (unpaired) electrons.